The SMILES string of the molecule is CC(NC(=O)c1cn2ncsc2n1)c1ccccc1. The van der Waals surface area contributed by atoms with E-state index in [1.54, 1.807) is 16.2 Å². The lowest BCUT2D eigenvalue weighted by atomic mass is 10.1. The van der Waals surface area contributed by atoms with Crippen LogP contribution in [0.25, 0.3) is 4.96 Å². The minimum Gasteiger partial charge on any atom is -0.344 e. The van der Waals surface area contributed by atoms with E-state index in [4.69, 9.17) is 0 Å². The van der Waals surface area contributed by atoms with Gasteiger partial charge in [0.05, 0.1) is 12.2 Å². The van der Waals surface area contributed by atoms with Gasteiger partial charge in [-0.15, -0.1) is 0 Å². The zero-order valence-electron chi connectivity index (χ0n) is 10.3. The van der Waals surface area contributed by atoms with Gasteiger partial charge in [0.25, 0.3) is 5.91 Å². The van der Waals surface area contributed by atoms with Crippen LogP contribution in [0.2, 0.25) is 0 Å². The standard InChI is InChI=1S/C13H12N4OS/c1-9(10-5-3-2-4-6-10)15-12(18)11-7-17-13(16-11)19-8-14-17/h2-9H,1H3,(H,15,18). The fraction of sp³-hybridized carbons (Fsp3) is 0.154. The summed E-state index contributed by atoms with van der Waals surface area (Å²) in [4.78, 5) is 17.0. The Hall–Kier alpha value is -2.21. The molecule has 1 aromatic carbocycles. The van der Waals surface area contributed by atoms with Crippen molar-refractivity contribution in [2.75, 3.05) is 0 Å². The number of rotatable bonds is 3. The lowest BCUT2D eigenvalue weighted by molar-refractivity contribution is 0.0935. The van der Waals surface area contributed by atoms with E-state index >= 15 is 0 Å². The van der Waals surface area contributed by atoms with Gasteiger partial charge in [-0.3, -0.25) is 4.79 Å². The van der Waals surface area contributed by atoms with Crippen LogP contribution in [0.5, 0.6) is 0 Å². The summed E-state index contributed by atoms with van der Waals surface area (Å²) in [6.07, 6.45) is 1.64. The van der Waals surface area contributed by atoms with Gasteiger partial charge in [0, 0.05) is 0 Å². The Kier molecular flexibility index (Phi) is 3.00. The topological polar surface area (TPSA) is 59.3 Å². The molecule has 0 saturated heterocycles. The highest BCUT2D eigenvalue weighted by Gasteiger charge is 2.15. The minimum atomic E-state index is -0.186. The molecule has 96 valence electrons. The molecule has 1 amide bonds. The summed E-state index contributed by atoms with van der Waals surface area (Å²) in [5, 5.41) is 6.98. The highest BCUT2D eigenvalue weighted by Crippen LogP contribution is 2.13. The summed E-state index contributed by atoms with van der Waals surface area (Å²) in [7, 11) is 0. The molecular formula is C13H12N4OS. The number of hydrogen-bond acceptors (Lipinski definition) is 4. The van der Waals surface area contributed by atoms with Crippen molar-refractivity contribution in [3.63, 3.8) is 0 Å². The summed E-state index contributed by atoms with van der Waals surface area (Å²) in [6, 6.07) is 9.77. The predicted octanol–water partition coefficient (Wildman–Crippen LogP) is 2.28. The third-order valence-corrected chi connectivity index (χ3v) is 3.55. The molecule has 3 aromatic rings. The van der Waals surface area contributed by atoms with Crippen molar-refractivity contribution < 1.29 is 4.79 Å². The van der Waals surface area contributed by atoms with Crippen molar-refractivity contribution in [3.8, 4) is 0 Å². The number of amides is 1. The highest BCUT2D eigenvalue weighted by atomic mass is 32.1. The molecule has 0 aliphatic heterocycles. The molecule has 19 heavy (non-hydrogen) atoms. The second-order valence-corrected chi connectivity index (χ2v) is 5.01. The molecule has 0 aliphatic carbocycles. The Bertz CT molecular complexity index is 675. The van der Waals surface area contributed by atoms with Crippen molar-refractivity contribution in [1.29, 1.82) is 0 Å². The molecule has 1 N–H and O–H groups in total. The minimum absolute atomic E-state index is 0.0543. The van der Waals surface area contributed by atoms with Crippen molar-refractivity contribution in [1.82, 2.24) is 19.9 Å². The van der Waals surface area contributed by atoms with Crippen LogP contribution in [0.15, 0.2) is 42.0 Å². The van der Waals surface area contributed by atoms with Gasteiger partial charge in [0.1, 0.15) is 11.2 Å². The Morgan fingerprint density at radius 3 is 2.89 bits per heavy atom. The average molecular weight is 272 g/mol. The number of carbonyl (C=O) groups excluding carboxylic acids is 1. The fourth-order valence-electron chi connectivity index (χ4n) is 1.84. The van der Waals surface area contributed by atoms with Gasteiger partial charge in [-0.05, 0) is 12.5 Å². The number of imidazole rings is 1. The molecule has 6 heteroatoms. The molecule has 0 radical (unpaired) electrons. The van der Waals surface area contributed by atoms with E-state index in [-0.39, 0.29) is 11.9 Å². The van der Waals surface area contributed by atoms with Crippen LogP contribution in [0.4, 0.5) is 0 Å². The molecule has 5 nitrogen and oxygen atoms in total. The van der Waals surface area contributed by atoms with E-state index in [9.17, 15) is 4.79 Å². The average Bonchev–Trinajstić information content (AvgIpc) is 3.00. The van der Waals surface area contributed by atoms with E-state index in [2.05, 4.69) is 15.4 Å². The molecule has 0 spiro atoms. The van der Waals surface area contributed by atoms with E-state index < -0.39 is 0 Å². The first-order chi connectivity index (χ1) is 9.24. The third kappa shape index (κ3) is 2.34. The molecule has 0 saturated carbocycles. The summed E-state index contributed by atoms with van der Waals surface area (Å²) in [6.45, 7) is 1.95. The first-order valence-corrected chi connectivity index (χ1v) is 6.76. The summed E-state index contributed by atoms with van der Waals surface area (Å²) >= 11 is 1.40. The van der Waals surface area contributed by atoms with Gasteiger partial charge < -0.3 is 5.32 Å². The van der Waals surface area contributed by atoms with Gasteiger partial charge in [0.15, 0.2) is 0 Å². The molecule has 0 aliphatic rings. The normalized spacial score (nSPS) is 12.5. The number of nitrogens with zero attached hydrogens (tertiary/aromatic N) is 3. The van der Waals surface area contributed by atoms with Crippen molar-refractivity contribution in [2.45, 2.75) is 13.0 Å². The monoisotopic (exact) mass is 272 g/mol. The largest absolute Gasteiger partial charge is 0.344 e. The van der Waals surface area contributed by atoms with Gasteiger partial charge in [0.2, 0.25) is 4.96 Å². The number of benzene rings is 1. The quantitative estimate of drug-likeness (QED) is 0.795. The number of aromatic nitrogens is 3. The number of carbonyl (C=O) groups is 1. The summed E-state index contributed by atoms with van der Waals surface area (Å²) in [5.41, 5.74) is 3.15. The first kappa shape index (κ1) is 11.9. The molecule has 0 bridgehead atoms. The number of hydrogen-bond donors (Lipinski definition) is 1. The van der Waals surface area contributed by atoms with E-state index in [0.717, 1.165) is 10.5 Å². The molecular weight excluding hydrogens is 260 g/mol. The van der Waals surface area contributed by atoms with Crippen LogP contribution in [0, 0.1) is 0 Å². The summed E-state index contributed by atoms with van der Waals surface area (Å²) in [5.74, 6) is -0.186. The van der Waals surface area contributed by atoms with Gasteiger partial charge in [-0.2, -0.15) is 5.10 Å². The molecule has 2 heterocycles. The van der Waals surface area contributed by atoms with E-state index in [1.807, 2.05) is 37.3 Å². The third-order valence-electron chi connectivity index (χ3n) is 2.87. The van der Waals surface area contributed by atoms with Crippen LogP contribution < -0.4 is 5.32 Å². The highest BCUT2D eigenvalue weighted by molar-refractivity contribution is 7.14. The van der Waals surface area contributed by atoms with Crippen LogP contribution in [-0.2, 0) is 0 Å². The molecule has 2 aromatic heterocycles. The van der Waals surface area contributed by atoms with Gasteiger partial charge in [-0.25, -0.2) is 9.50 Å². The van der Waals surface area contributed by atoms with Crippen LogP contribution in [0.1, 0.15) is 29.0 Å². The molecule has 1 unspecified atom stereocenters. The number of fused-ring (bicyclic) bond motifs is 1. The Labute approximate surface area is 113 Å². The van der Waals surface area contributed by atoms with Crippen LogP contribution in [0.3, 0.4) is 0 Å². The maximum absolute atomic E-state index is 12.1. The van der Waals surface area contributed by atoms with Crippen molar-refractivity contribution >= 4 is 22.2 Å². The maximum Gasteiger partial charge on any atom is 0.272 e. The second-order valence-electron chi connectivity index (χ2n) is 4.20. The zero-order valence-corrected chi connectivity index (χ0v) is 11.1. The molecule has 3 rings (SSSR count). The number of nitrogens with one attached hydrogen (secondary N) is 1. The van der Waals surface area contributed by atoms with Crippen molar-refractivity contribution in [2.24, 2.45) is 0 Å². The lowest BCUT2D eigenvalue weighted by Gasteiger charge is -2.12. The fourth-order valence-corrected chi connectivity index (χ4v) is 2.45. The Balaban J connectivity index is 1.76. The molecule has 0 fully saturated rings. The van der Waals surface area contributed by atoms with Crippen molar-refractivity contribution in [3.05, 3.63) is 53.3 Å². The maximum atomic E-state index is 12.1. The Morgan fingerprint density at radius 2 is 2.16 bits per heavy atom. The first-order valence-electron chi connectivity index (χ1n) is 5.89. The van der Waals surface area contributed by atoms with Crippen LogP contribution >= 0.6 is 11.3 Å². The summed E-state index contributed by atoms with van der Waals surface area (Å²) < 4.78 is 1.60. The van der Waals surface area contributed by atoms with Gasteiger partial charge >= 0.3 is 0 Å². The lowest BCUT2D eigenvalue weighted by Crippen LogP contribution is -2.26. The van der Waals surface area contributed by atoms with Crippen LogP contribution in [-0.4, -0.2) is 20.5 Å². The predicted molar refractivity (Wildman–Crippen MR) is 73.2 cm³/mol. The zero-order chi connectivity index (χ0) is 13.2. The Morgan fingerprint density at radius 1 is 1.37 bits per heavy atom. The second kappa shape index (κ2) is 4.81. The van der Waals surface area contributed by atoms with E-state index in [1.165, 1.54) is 11.3 Å². The van der Waals surface area contributed by atoms with E-state index in [0.29, 0.717) is 5.69 Å². The molecule has 1 atom stereocenters. The van der Waals surface area contributed by atoms with Gasteiger partial charge in [-0.1, -0.05) is 41.7 Å². The smallest absolute Gasteiger partial charge is 0.272 e.